The number of nitrogens with zero attached hydrogens (tertiary/aromatic N) is 1. The Labute approximate surface area is 188 Å². The molecule has 2 heterocycles. The van der Waals surface area contributed by atoms with Gasteiger partial charge < -0.3 is 20.3 Å². The van der Waals surface area contributed by atoms with Gasteiger partial charge in [0.2, 0.25) is 5.43 Å². The fraction of sp³-hybridized carbons (Fsp3) is 0.333. The van der Waals surface area contributed by atoms with Gasteiger partial charge in [0, 0.05) is 24.7 Å². The summed E-state index contributed by atoms with van der Waals surface area (Å²) in [6.45, 7) is 6.05. The number of nitrogens with one attached hydrogen (secondary N) is 2. The van der Waals surface area contributed by atoms with Crippen molar-refractivity contribution in [3.63, 3.8) is 0 Å². The van der Waals surface area contributed by atoms with E-state index in [-0.39, 0.29) is 34.0 Å². The molecule has 3 N–H and O–H groups in total. The molecule has 1 aliphatic heterocycles. The summed E-state index contributed by atoms with van der Waals surface area (Å²) in [5.74, 6) is -3.94. The molecule has 0 spiro atoms. The molecule has 33 heavy (non-hydrogen) atoms. The number of halogens is 3. The molecule has 6 nitrogen and oxygen atoms in total. The zero-order valence-electron chi connectivity index (χ0n) is 18.2. The number of pyridine rings is 1. The van der Waals surface area contributed by atoms with Gasteiger partial charge in [-0.1, -0.05) is 6.92 Å². The van der Waals surface area contributed by atoms with Crippen molar-refractivity contribution < 1.29 is 23.1 Å². The number of aryl methyl sites for hydroxylation is 1. The number of carboxylic acids is 1. The van der Waals surface area contributed by atoms with Crippen LogP contribution in [0.1, 0.15) is 34.3 Å². The number of aromatic carboxylic acids is 1. The van der Waals surface area contributed by atoms with Gasteiger partial charge in [-0.15, -0.1) is 0 Å². The van der Waals surface area contributed by atoms with E-state index in [1.165, 1.54) is 17.6 Å². The molecule has 1 aliphatic rings. The Morgan fingerprint density at radius 1 is 1.24 bits per heavy atom. The first-order valence-corrected chi connectivity index (χ1v) is 10.7. The highest BCUT2D eigenvalue weighted by Crippen LogP contribution is 2.35. The lowest BCUT2D eigenvalue weighted by Crippen LogP contribution is -2.27. The minimum atomic E-state index is -1.52. The van der Waals surface area contributed by atoms with Crippen LogP contribution in [0.3, 0.4) is 0 Å². The monoisotopic (exact) mass is 459 g/mol. The molecule has 0 bridgehead atoms. The lowest BCUT2D eigenvalue weighted by Gasteiger charge is -2.23. The largest absolute Gasteiger partial charge is 0.477 e. The number of benzene rings is 2. The summed E-state index contributed by atoms with van der Waals surface area (Å²) in [6, 6.07) is 4.35. The normalized spacial score (nSPS) is 18.2. The number of carbonyl (C=O) groups is 1. The van der Waals surface area contributed by atoms with Gasteiger partial charge in [0.1, 0.15) is 23.0 Å². The number of hydrogen-bond donors (Lipinski definition) is 3. The Morgan fingerprint density at radius 3 is 2.67 bits per heavy atom. The van der Waals surface area contributed by atoms with Crippen molar-refractivity contribution in [2.75, 3.05) is 26.2 Å². The van der Waals surface area contributed by atoms with Crippen molar-refractivity contribution in [1.29, 1.82) is 0 Å². The molecule has 4 rings (SSSR count). The molecule has 3 aromatic rings. The van der Waals surface area contributed by atoms with Gasteiger partial charge in [-0.25, -0.2) is 18.0 Å². The third kappa shape index (κ3) is 4.02. The maximum atomic E-state index is 15.6. The first-order chi connectivity index (χ1) is 15.7. The smallest absolute Gasteiger partial charge is 0.341 e. The van der Waals surface area contributed by atoms with Crippen LogP contribution >= 0.6 is 0 Å². The topological polar surface area (TPSA) is 83.4 Å². The molecule has 0 aliphatic carbocycles. The second kappa shape index (κ2) is 8.99. The van der Waals surface area contributed by atoms with Crippen molar-refractivity contribution in [3.8, 4) is 5.69 Å². The van der Waals surface area contributed by atoms with Gasteiger partial charge in [-0.3, -0.25) is 4.79 Å². The quantitative estimate of drug-likeness (QED) is 0.527. The summed E-state index contributed by atoms with van der Waals surface area (Å²) in [6.07, 6.45) is 1.01. The molecule has 2 atom stereocenters. The van der Waals surface area contributed by atoms with E-state index < -0.39 is 34.4 Å². The first kappa shape index (κ1) is 23.0. The Bertz CT molecular complexity index is 1310. The van der Waals surface area contributed by atoms with Crippen LogP contribution in [0.5, 0.6) is 0 Å². The van der Waals surface area contributed by atoms with E-state index in [1.54, 1.807) is 0 Å². The molecule has 9 heteroatoms. The molecule has 1 aromatic heterocycles. The summed E-state index contributed by atoms with van der Waals surface area (Å²) in [7, 11) is 0. The maximum absolute atomic E-state index is 15.6. The van der Waals surface area contributed by atoms with E-state index >= 15 is 4.39 Å². The Hall–Kier alpha value is -3.17. The van der Waals surface area contributed by atoms with Gasteiger partial charge in [0.05, 0.1) is 16.6 Å². The highest BCUT2D eigenvalue weighted by molar-refractivity contribution is 5.94. The first-order valence-electron chi connectivity index (χ1n) is 10.7. The average molecular weight is 459 g/mol. The summed E-state index contributed by atoms with van der Waals surface area (Å²) in [4.78, 5) is 24.7. The van der Waals surface area contributed by atoms with E-state index in [0.29, 0.717) is 31.3 Å². The van der Waals surface area contributed by atoms with E-state index in [9.17, 15) is 23.5 Å². The van der Waals surface area contributed by atoms with Gasteiger partial charge in [0.25, 0.3) is 0 Å². The summed E-state index contributed by atoms with van der Waals surface area (Å²) >= 11 is 0. The van der Waals surface area contributed by atoms with E-state index in [2.05, 4.69) is 10.6 Å². The van der Waals surface area contributed by atoms with E-state index in [0.717, 1.165) is 24.9 Å². The number of carboxylic acid groups (broad SMARTS) is 1. The molecule has 2 aromatic carbocycles. The second-order valence-corrected chi connectivity index (χ2v) is 8.27. The maximum Gasteiger partial charge on any atom is 0.341 e. The Balaban J connectivity index is 2.03. The van der Waals surface area contributed by atoms with Crippen LogP contribution in [-0.4, -0.2) is 41.8 Å². The fourth-order valence-corrected chi connectivity index (χ4v) is 4.61. The van der Waals surface area contributed by atoms with Gasteiger partial charge in [-0.05, 0) is 61.8 Å². The van der Waals surface area contributed by atoms with Crippen LogP contribution in [0.15, 0.2) is 35.3 Å². The molecule has 1 saturated heterocycles. The summed E-state index contributed by atoms with van der Waals surface area (Å²) in [5, 5.41) is 15.9. The average Bonchev–Trinajstić information content (AvgIpc) is 3.23. The van der Waals surface area contributed by atoms with E-state index in [4.69, 9.17) is 0 Å². The van der Waals surface area contributed by atoms with Crippen molar-refractivity contribution in [1.82, 2.24) is 15.2 Å². The van der Waals surface area contributed by atoms with Crippen molar-refractivity contribution in [3.05, 3.63) is 74.8 Å². The van der Waals surface area contributed by atoms with Gasteiger partial charge in [0.15, 0.2) is 0 Å². The standard InChI is InChI=1S/C24H24F3N3O3/c1-3-28-8-13-9-29-10-16(13)15-7-20-21(12(2)22(15)27)23(31)17(24(32)33)11-30(20)19-5-4-14(25)6-18(19)26/h4-7,11,13,16,28-29H,3,8-10H2,1-2H3,(H,32,33). The van der Waals surface area contributed by atoms with E-state index in [1.807, 2.05) is 6.92 Å². The van der Waals surface area contributed by atoms with Crippen LogP contribution in [-0.2, 0) is 0 Å². The van der Waals surface area contributed by atoms with Gasteiger partial charge in [-0.2, -0.15) is 0 Å². The molecule has 0 amide bonds. The predicted molar refractivity (Wildman–Crippen MR) is 119 cm³/mol. The molecule has 1 fully saturated rings. The molecule has 0 radical (unpaired) electrons. The minimum absolute atomic E-state index is 0.000899. The Kier molecular flexibility index (Phi) is 6.27. The third-order valence-electron chi connectivity index (χ3n) is 6.29. The summed E-state index contributed by atoms with van der Waals surface area (Å²) < 4.78 is 45.0. The summed E-state index contributed by atoms with van der Waals surface area (Å²) in [5.41, 5.74) is -1.09. The fourth-order valence-electron chi connectivity index (χ4n) is 4.61. The molecular formula is C24H24F3N3O3. The van der Waals surface area contributed by atoms with Crippen molar-refractivity contribution >= 4 is 16.9 Å². The van der Waals surface area contributed by atoms with Crippen LogP contribution in [0.2, 0.25) is 0 Å². The minimum Gasteiger partial charge on any atom is -0.477 e. The zero-order valence-corrected chi connectivity index (χ0v) is 18.2. The van der Waals surface area contributed by atoms with Crippen LogP contribution in [0, 0.1) is 30.3 Å². The zero-order chi connectivity index (χ0) is 23.9. The highest BCUT2D eigenvalue weighted by Gasteiger charge is 2.32. The molecular weight excluding hydrogens is 435 g/mol. The lowest BCUT2D eigenvalue weighted by molar-refractivity contribution is 0.0695. The van der Waals surface area contributed by atoms with Crippen LogP contribution < -0.4 is 16.1 Å². The van der Waals surface area contributed by atoms with Crippen molar-refractivity contribution in [2.24, 2.45) is 5.92 Å². The Morgan fingerprint density at radius 2 is 2.00 bits per heavy atom. The number of rotatable bonds is 6. The number of aromatic nitrogens is 1. The van der Waals surface area contributed by atoms with Gasteiger partial charge >= 0.3 is 5.97 Å². The van der Waals surface area contributed by atoms with Crippen LogP contribution in [0.25, 0.3) is 16.6 Å². The van der Waals surface area contributed by atoms with Crippen LogP contribution in [0.4, 0.5) is 13.2 Å². The SMILES string of the molecule is CCNCC1CNCC1c1cc2c(c(C)c1F)c(=O)c(C(=O)O)cn2-c1ccc(F)cc1F. The molecule has 0 saturated carbocycles. The molecule has 174 valence electrons. The third-order valence-corrected chi connectivity index (χ3v) is 6.29. The highest BCUT2D eigenvalue weighted by atomic mass is 19.1. The predicted octanol–water partition coefficient (Wildman–Crippen LogP) is 3.33. The lowest BCUT2D eigenvalue weighted by atomic mass is 9.86. The van der Waals surface area contributed by atoms with Crippen molar-refractivity contribution in [2.45, 2.75) is 19.8 Å². The second-order valence-electron chi connectivity index (χ2n) is 8.27. The molecule has 2 unspecified atom stereocenters. The number of fused-ring (bicyclic) bond motifs is 1. The number of hydrogen-bond acceptors (Lipinski definition) is 4.